The van der Waals surface area contributed by atoms with Gasteiger partial charge in [-0.2, -0.15) is 0 Å². The molecule has 0 N–H and O–H groups in total. The molecule has 0 saturated carbocycles. The lowest BCUT2D eigenvalue weighted by atomic mass is 10.3. The minimum atomic E-state index is -0.650. The number of Topliss-reactive ketones (excluding diaryl/α,β-unsaturated/α-hetero) is 1. The molecule has 0 fully saturated rings. The topological polar surface area (TPSA) is 55.7 Å². The van der Waals surface area contributed by atoms with E-state index in [4.69, 9.17) is 0 Å². The monoisotopic (exact) mass is 157 g/mol. The van der Waals surface area contributed by atoms with E-state index < -0.39 is 5.97 Å². The summed E-state index contributed by atoms with van der Waals surface area (Å²) >= 11 is 0. The predicted molar refractivity (Wildman–Crippen MR) is 40.7 cm³/mol. The highest BCUT2D eigenvalue weighted by Crippen LogP contribution is 1.86. The second kappa shape index (κ2) is 4.60. The standard InChI is InChI=1S/C7H11NO3/c1-4-11-7(10)6(8-3)5(2)9/h4H2,1-3H3. The zero-order valence-electron chi connectivity index (χ0n) is 6.88. The lowest BCUT2D eigenvalue weighted by Crippen LogP contribution is -2.24. The number of rotatable bonds is 3. The van der Waals surface area contributed by atoms with Gasteiger partial charge in [0.25, 0.3) is 0 Å². The van der Waals surface area contributed by atoms with E-state index in [-0.39, 0.29) is 18.1 Å². The summed E-state index contributed by atoms with van der Waals surface area (Å²) < 4.78 is 4.57. The van der Waals surface area contributed by atoms with Gasteiger partial charge in [0.05, 0.1) is 6.61 Å². The first-order chi connectivity index (χ1) is 5.13. The molecule has 0 aliphatic heterocycles. The van der Waals surface area contributed by atoms with Crippen LogP contribution in [0, 0.1) is 0 Å². The number of hydrogen-bond acceptors (Lipinski definition) is 4. The average molecular weight is 157 g/mol. The third kappa shape index (κ3) is 2.93. The van der Waals surface area contributed by atoms with E-state index in [1.807, 2.05) is 0 Å². The van der Waals surface area contributed by atoms with E-state index >= 15 is 0 Å². The second-order valence-corrected chi connectivity index (χ2v) is 1.85. The summed E-state index contributed by atoms with van der Waals surface area (Å²) in [6, 6.07) is 0. The molecule has 0 aliphatic rings. The average Bonchev–Trinajstić information content (AvgIpc) is 1.88. The van der Waals surface area contributed by atoms with Crippen LogP contribution in [-0.2, 0) is 14.3 Å². The van der Waals surface area contributed by atoms with Gasteiger partial charge >= 0.3 is 5.97 Å². The maximum atomic E-state index is 10.8. The van der Waals surface area contributed by atoms with Crippen LogP contribution in [0.25, 0.3) is 0 Å². The van der Waals surface area contributed by atoms with Crippen molar-refractivity contribution in [2.24, 2.45) is 4.99 Å². The quantitative estimate of drug-likeness (QED) is 0.334. The van der Waals surface area contributed by atoms with Crippen molar-refractivity contribution in [1.29, 1.82) is 0 Å². The minimum absolute atomic E-state index is 0.133. The molecular formula is C7H11NO3. The zero-order chi connectivity index (χ0) is 8.85. The molecule has 0 bridgehead atoms. The Hall–Kier alpha value is -1.19. The summed E-state index contributed by atoms with van der Waals surface area (Å²) in [7, 11) is 1.38. The SMILES string of the molecule is CCOC(=O)C(=NC)C(C)=O. The highest BCUT2D eigenvalue weighted by Gasteiger charge is 2.15. The number of ether oxygens (including phenoxy) is 1. The summed E-state index contributed by atoms with van der Waals surface area (Å²) in [5, 5.41) is 0. The van der Waals surface area contributed by atoms with Gasteiger partial charge in [-0.1, -0.05) is 0 Å². The van der Waals surface area contributed by atoms with Crippen LogP contribution >= 0.6 is 0 Å². The Morgan fingerprint density at radius 2 is 2.00 bits per heavy atom. The molecule has 0 spiro atoms. The Labute approximate surface area is 65.3 Å². The van der Waals surface area contributed by atoms with E-state index in [1.54, 1.807) is 6.92 Å². The first kappa shape index (κ1) is 9.81. The fourth-order valence-electron chi connectivity index (χ4n) is 0.592. The third-order valence-corrected chi connectivity index (χ3v) is 1.03. The van der Waals surface area contributed by atoms with Crippen LogP contribution in [0.5, 0.6) is 0 Å². The summed E-state index contributed by atoms with van der Waals surface area (Å²) in [5.41, 5.74) is -0.133. The predicted octanol–water partition coefficient (Wildman–Crippen LogP) is 0.209. The van der Waals surface area contributed by atoms with Crippen molar-refractivity contribution in [3.05, 3.63) is 0 Å². The number of esters is 1. The molecule has 62 valence electrons. The number of carbonyl (C=O) groups is 2. The molecule has 0 atom stereocenters. The molecule has 11 heavy (non-hydrogen) atoms. The van der Waals surface area contributed by atoms with Crippen molar-refractivity contribution in [3.8, 4) is 0 Å². The molecule has 0 unspecified atom stereocenters. The first-order valence-corrected chi connectivity index (χ1v) is 3.28. The summed E-state index contributed by atoms with van der Waals surface area (Å²) in [4.78, 5) is 25.0. The van der Waals surface area contributed by atoms with Gasteiger partial charge in [-0.15, -0.1) is 0 Å². The molecule has 4 nitrogen and oxygen atoms in total. The van der Waals surface area contributed by atoms with Gasteiger partial charge in [0, 0.05) is 14.0 Å². The summed E-state index contributed by atoms with van der Waals surface area (Å²) in [6.45, 7) is 3.20. The number of aliphatic imine (C=N–C) groups is 1. The van der Waals surface area contributed by atoms with Gasteiger partial charge in [-0.3, -0.25) is 9.79 Å². The van der Waals surface area contributed by atoms with Crippen molar-refractivity contribution < 1.29 is 14.3 Å². The van der Waals surface area contributed by atoms with E-state index in [9.17, 15) is 9.59 Å². The summed E-state index contributed by atoms with van der Waals surface area (Å²) in [6.07, 6.45) is 0. The lowest BCUT2D eigenvalue weighted by Gasteiger charge is -1.99. The fourth-order valence-corrected chi connectivity index (χ4v) is 0.592. The molecule has 0 aromatic rings. The van der Waals surface area contributed by atoms with Crippen LogP contribution in [0.2, 0.25) is 0 Å². The number of ketones is 1. The Bertz CT molecular complexity index is 196. The van der Waals surface area contributed by atoms with Gasteiger partial charge in [0.1, 0.15) is 0 Å². The molecule has 0 amide bonds. The molecule has 0 aromatic carbocycles. The van der Waals surface area contributed by atoms with Crippen LogP contribution in [0.4, 0.5) is 0 Å². The third-order valence-electron chi connectivity index (χ3n) is 1.03. The molecular weight excluding hydrogens is 146 g/mol. The largest absolute Gasteiger partial charge is 0.461 e. The number of nitrogens with zero attached hydrogens (tertiary/aromatic N) is 1. The van der Waals surface area contributed by atoms with E-state index in [1.165, 1.54) is 14.0 Å². The van der Waals surface area contributed by atoms with Crippen molar-refractivity contribution >= 4 is 17.5 Å². The Kier molecular flexibility index (Phi) is 4.10. The smallest absolute Gasteiger partial charge is 0.360 e. The molecule has 0 radical (unpaired) electrons. The number of hydrogen-bond donors (Lipinski definition) is 0. The van der Waals surface area contributed by atoms with Crippen LogP contribution in [0.1, 0.15) is 13.8 Å². The number of carbonyl (C=O) groups excluding carboxylic acids is 2. The highest BCUT2D eigenvalue weighted by atomic mass is 16.5. The Morgan fingerprint density at radius 1 is 1.45 bits per heavy atom. The maximum absolute atomic E-state index is 10.8. The zero-order valence-corrected chi connectivity index (χ0v) is 6.88. The van der Waals surface area contributed by atoms with E-state index in [0.717, 1.165) is 0 Å². The van der Waals surface area contributed by atoms with Crippen molar-refractivity contribution in [2.75, 3.05) is 13.7 Å². The van der Waals surface area contributed by atoms with Gasteiger partial charge in [-0.05, 0) is 6.92 Å². The fraction of sp³-hybridized carbons (Fsp3) is 0.571. The van der Waals surface area contributed by atoms with Crippen LogP contribution in [0.3, 0.4) is 0 Å². The molecule has 0 saturated heterocycles. The molecule has 0 aromatic heterocycles. The van der Waals surface area contributed by atoms with Crippen molar-refractivity contribution in [3.63, 3.8) is 0 Å². The summed E-state index contributed by atoms with van der Waals surface area (Å²) in [5.74, 6) is -1.02. The van der Waals surface area contributed by atoms with Crippen LogP contribution in [0.15, 0.2) is 4.99 Å². The molecule has 0 heterocycles. The van der Waals surface area contributed by atoms with Crippen LogP contribution < -0.4 is 0 Å². The Balaban J connectivity index is 4.29. The first-order valence-electron chi connectivity index (χ1n) is 3.28. The molecule has 0 aliphatic carbocycles. The highest BCUT2D eigenvalue weighted by molar-refractivity contribution is 6.63. The van der Waals surface area contributed by atoms with Gasteiger partial charge < -0.3 is 4.74 Å². The minimum Gasteiger partial charge on any atom is -0.461 e. The maximum Gasteiger partial charge on any atom is 0.360 e. The van der Waals surface area contributed by atoms with Gasteiger partial charge in [0.15, 0.2) is 11.5 Å². The molecule has 4 heteroatoms. The second-order valence-electron chi connectivity index (χ2n) is 1.85. The van der Waals surface area contributed by atoms with Gasteiger partial charge in [-0.25, -0.2) is 4.79 Å². The van der Waals surface area contributed by atoms with Crippen LogP contribution in [-0.4, -0.2) is 31.1 Å². The van der Waals surface area contributed by atoms with E-state index in [2.05, 4.69) is 9.73 Å². The normalized spacial score (nSPS) is 11.0. The van der Waals surface area contributed by atoms with E-state index in [0.29, 0.717) is 0 Å². The van der Waals surface area contributed by atoms with Crippen molar-refractivity contribution in [2.45, 2.75) is 13.8 Å². The molecule has 0 rings (SSSR count). The van der Waals surface area contributed by atoms with Gasteiger partial charge in [0.2, 0.25) is 0 Å². The van der Waals surface area contributed by atoms with Crippen molar-refractivity contribution in [1.82, 2.24) is 0 Å². The Morgan fingerprint density at radius 3 is 2.27 bits per heavy atom. The lowest BCUT2D eigenvalue weighted by molar-refractivity contribution is -0.135.